The summed E-state index contributed by atoms with van der Waals surface area (Å²) in [6, 6.07) is 5.64. The Balaban J connectivity index is 2.29. The normalized spacial score (nSPS) is 14.3. The number of rotatable bonds is 1. The van der Waals surface area contributed by atoms with Gasteiger partial charge in [0, 0.05) is 11.1 Å². The van der Waals surface area contributed by atoms with E-state index in [4.69, 9.17) is 9.15 Å². The molecule has 0 saturated heterocycles. The van der Waals surface area contributed by atoms with Crippen molar-refractivity contribution in [2.75, 3.05) is 6.61 Å². The van der Waals surface area contributed by atoms with E-state index in [1.165, 1.54) is 0 Å². The maximum absolute atomic E-state index is 10.6. The summed E-state index contributed by atoms with van der Waals surface area (Å²) >= 11 is 0. The van der Waals surface area contributed by atoms with Gasteiger partial charge in [0.2, 0.25) is 0 Å². The fourth-order valence-corrected chi connectivity index (χ4v) is 1.77. The van der Waals surface area contributed by atoms with Gasteiger partial charge in [0.15, 0.2) is 0 Å². The van der Waals surface area contributed by atoms with E-state index in [2.05, 4.69) is 0 Å². The second-order valence-electron chi connectivity index (χ2n) is 3.44. The van der Waals surface area contributed by atoms with Gasteiger partial charge in [-0.25, -0.2) is 0 Å². The fraction of sp³-hybridized carbons (Fsp3) is 0.0833. The molecule has 0 N–H and O–H groups in total. The molecule has 2 aromatic rings. The van der Waals surface area contributed by atoms with Gasteiger partial charge in [0.1, 0.15) is 24.2 Å². The van der Waals surface area contributed by atoms with Crippen molar-refractivity contribution >= 4 is 23.3 Å². The first-order valence-electron chi connectivity index (χ1n) is 4.67. The third-order valence-electron chi connectivity index (χ3n) is 2.49. The molecule has 0 saturated carbocycles. The average molecular weight is 200 g/mol. The number of aldehydes is 1. The van der Waals surface area contributed by atoms with Crippen molar-refractivity contribution in [2.45, 2.75) is 0 Å². The van der Waals surface area contributed by atoms with E-state index in [1.54, 1.807) is 6.26 Å². The topological polar surface area (TPSA) is 39.4 Å². The number of ether oxygens (including phenoxy) is 1. The minimum atomic E-state index is 0.334. The average Bonchev–Trinajstić information content (AvgIpc) is 2.76. The van der Waals surface area contributed by atoms with Crippen LogP contribution in [0.5, 0.6) is 5.75 Å². The van der Waals surface area contributed by atoms with E-state index < -0.39 is 0 Å². The number of furan rings is 1. The summed E-state index contributed by atoms with van der Waals surface area (Å²) < 4.78 is 10.8. The molecule has 2 heterocycles. The summed E-state index contributed by atoms with van der Waals surface area (Å²) in [4.78, 5) is 10.6. The Kier molecular flexibility index (Phi) is 1.65. The van der Waals surface area contributed by atoms with Crippen molar-refractivity contribution < 1.29 is 13.9 Å². The largest absolute Gasteiger partial charge is 0.487 e. The summed E-state index contributed by atoms with van der Waals surface area (Å²) in [5, 5.41) is 0.952. The van der Waals surface area contributed by atoms with Crippen molar-refractivity contribution in [2.24, 2.45) is 0 Å². The van der Waals surface area contributed by atoms with E-state index in [9.17, 15) is 4.79 Å². The van der Waals surface area contributed by atoms with Gasteiger partial charge in [-0.2, -0.15) is 0 Å². The molecular formula is C12H8O3. The summed E-state index contributed by atoms with van der Waals surface area (Å²) in [6.45, 7) is 0.334. The first-order chi connectivity index (χ1) is 7.38. The first kappa shape index (κ1) is 8.29. The van der Waals surface area contributed by atoms with Crippen molar-refractivity contribution in [3.63, 3.8) is 0 Å². The summed E-state index contributed by atoms with van der Waals surface area (Å²) in [7, 11) is 0. The quantitative estimate of drug-likeness (QED) is 0.663. The molecule has 15 heavy (non-hydrogen) atoms. The van der Waals surface area contributed by atoms with Crippen LogP contribution in [0.15, 0.2) is 34.5 Å². The van der Waals surface area contributed by atoms with Crippen molar-refractivity contribution in [1.82, 2.24) is 0 Å². The van der Waals surface area contributed by atoms with Gasteiger partial charge in [-0.1, -0.05) is 0 Å². The van der Waals surface area contributed by atoms with Crippen LogP contribution in [0.25, 0.3) is 17.0 Å². The van der Waals surface area contributed by atoms with Gasteiger partial charge in [0.05, 0.1) is 11.6 Å². The number of hydrogen-bond acceptors (Lipinski definition) is 3. The van der Waals surface area contributed by atoms with Gasteiger partial charge in [-0.15, -0.1) is 0 Å². The van der Waals surface area contributed by atoms with Crippen LogP contribution in [0.4, 0.5) is 0 Å². The second kappa shape index (κ2) is 2.98. The van der Waals surface area contributed by atoms with Gasteiger partial charge >= 0.3 is 0 Å². The van der Waals surface area contributed by atoms with Crippen LogP contribution < -0.4 is 4.74 Å². The zero-order valence-corrected chi connectivity index (χ0v) is 7.90. The van der Waals surface area contributed by atoms with Crippen LogP contribution in [0.2, 0.25) is 0 Å². The Morgan fingerprint density at radius 1 is 1.27 bits per heavy atom. The smallest absolute Gasteiger partial charge is 0.149 e. The molecule has 0 atom stereocenters. The highest BCUT2D eigenvalue weighted by atomic mass is 16.5. The molecule has 0 radical (unpaired) electrons. The Morgan fingerprint density at radius 2 is 2.20 bits per heavy atom. The minimum Gasteiger partial charge on any atom is -0.487 e. The molecule has 0 unspecified atom stereocenters. The first-order valence-corrected chi connectivity index (χ1v) is 4.67. The predicted molar refractivity (Wildman–Crippen MR) is 55.8 cm³/mol. The number of hydrogen-bond donors (Lipinski definition) is 0. The maximum atomic E-state index is 10.6. The van der Waals surface area contributed by atoms with E-state index in [-0.39, 0.29) is 0 Å². The number of fused-ring (bicyclic) bond motifs is 3. The molecule has 1 aliphatic rings. The molecule has 1 aromatic heterocycles. The summed E-state index contributed by atoms with van der Waals surface area (Å²) in [5.41, 5.74) is 2.39. The Bertz CT molecular complexity index is 563. The van der Waals surface area contributed by atoms with Gasteiger partial charge < -0.3 is 9.15 Å². The third kappa shape index (κ3) is 1.16. The lowest BCUT2D eigenvalue weighted by Gasteiger charge is -2.15. The molecule has 0 aliphatic carbocycles. The van der Waals surface area contributed by atoms with Crippen molar-refractivity contribution in [3.05, 3.63) is 35.6 Å². The molecule has 3 heteroatoms. The van der Waals surface area contributed by atoms with Crippen LogP contribution in [0.1, 0.15) is 5.56 Å². The van der Waals surface area contributed by atoms with E-state index >= 15 is 0 Å². The Labute approximate surface area is 85.9 Å². The van der Waals surface area contributed by atoms with Gasteiger partial charge in [-0.05, 0) is 24.3 Å². The highest BCUT2D eigenvalue weighted by Crippen LogP contribution is 2.34. The minimum absolute atomic E-state index is 0.334. The number of carbonyl (C=O) groups excluding carboxylic acids is 1. The summed E-state index contributed by atoms with van der Waals surface area (Å²) in [5.74, 6) is 0.798. The van der Waals surface area contributed by atoms with Crippen LogP contribution >= 0.6 is 0 Å². The lowest BCUT2D eigenvalue weighted by molar-refractivity contribution is -0.105. The predicted octanol–water partition coefficient (Wildman–Crippen LogP) is 2.41. The number of benzene rings is 1. The molecular weight excluding hydrogens is 192 g/mol. The Morgan fingerprint density at radius 3 is 3.07 bits per heavy atom. The molecule has 1 aliphatic heterocycles. The number of carbonyl (C=O) groups is 1. The maximum Gasteiger partial charge on any atom is 0.149 e. The molecule has 0 fully saturated rings. The van der Waals surface area contributed by atoms with E-state index in [0.717, 1.165) is 28.6 Å². The van der Waals surface area contributed by atoms with Crippen molar-refractivity contribution in [3.8, 4) is 5.75 Å². The zero-order chi connectivity index (χ0) is 10.3. The molecule has 0 spiro atoms. The molecule has 0 amide bonds. The third-order valence-corrected chi connectivity index (χ3v) is 2.49. The van der Waals surface area contributed by atoms with Crippen LogP contribution in [-0.4, -0.2) is 12.9 Å². The van der Waals surface area contributed by atoms with Crippen LogP contribution in [0, 0.1) is 0 Å². The molecule has 1 aromatic carbocycles. The van der Waals surface area contributed by atoms with Crippen molar-refractivity contribution in [1.29, 1.82) is 0 Å². The zero-order valence-electron chi connectivity index (χ0n) is 7.90. The molecule has 3 rings (SSSR count). The summed E-state index contributed by atoms with van der Waals surface area (Å²) in [6.07, 6.45) is 4.30. The lowest BCUT2D eigenvalue weighted by atomic mass is 10.1. The van der Waals surface area contributed by atoms with E-state index in [1.807, 2.05) is 24.3 Å². The van der Waals surface area contributed by atoms with Crippen LogP contribution in [-0.2, 0) is 4.79 Å². The Hall–Kier alpha value is -2.03. The second-order valence-corrected chi connectivity index (χ2v) is 3.44. The molecule has 3 nitrogen and oxygen atoms in total. The SMILES string of the molecule is O=CC1=Cc2ccc3occc3c2OC1. The van der Waals surface area contributed by atoms with Gasteiger partial charge in [0.25, 0.3) is 0 Å². The monoisotopic (exact) mass is 200 g/mol. The highest BCUT2D eigenvalue weighted by Gasteiger charge is 2.14. The molecule has 74 valence electrons. The standard InChI is InChI=1S/C12H8O3/c13-6-8-5-9-1-2-11-10(3-4-14-11)12(9)15-7-8/h1-6H,7H2. The highest BCUT2D eigenvalue weighted by molar-refractivity contribution is 5.92. The lowest BCUT2D eigenvalue weighted by Crippen LogP contribution is -2.07. The van der Waals surface area contributed by atoms with E-state index in [0.29, 0.717) is 12.2 Å². The molecule has 0 bridgehead atoms. The van der Waals surface area contributed by atoms with Gasteiger partial charge in [-0.3, -0.25) is 4.79 Å². The fourth-order valence-electron chi connectivity index (χ4n) is 1.77. The van der Waals surface area contributed by atoms with Crippen LogP contribution in [0.3, 0.4) is 0 Å².